The predicted molar refractivity (Wildman–Crippen MR) is 79.4 cm³/mol. The van der Waals surface area contributed by atoms with E-state index in [2.05, 4.69) is 11.8 Å². The van der Waals surface area contributed by atoms with Gasteiger partial charge < -0.3 is 4.74 Å². The topological polar surface area (TPSA) is 9.23 Å². The van der Waals surface area contributed by atoms with Crippen molar-refractivity contribution in [3.8, 4) is 17.6 Å². The number of hydrogen-bond acceptors (Lipinski definition) is 1. The maximum absolute atomic E-state index is 5.79. The van der Waals surface area contributed by atoms with Crippen LogP contribution in [-0.2, 0) is 0 Å². The van der Waals surface area contributed by atoms with Crippen molar-refractivity contribution in [2.24, 2.45) is 0 Å². The highest BCUT2D eigenvalue weighted by atomic mass is 35.5. The zero-order valence-corrected chi connectivity index (χ0v) is 11.1. The molecule has 0 atom stereocenters. The molecule has 0 aromatic heterocycles. The molecule has 0 saturated heterocycles. The highest BCUT2D eigenvalue weighted by molar-refractivity contribution is 6.30. The molecule has 0 radical (unpaired) electrons. The molecular weight excluding hydrogens is 256 g/mol. The molecular formula is C17H13ClO. The third-order valence-corrected chi connectivity index (χ3v) is 2.60. The van der Waals surface area contributed by atoms with Crippen molar-refractivity contribution in [2.75, 3.05) is 6.61 Å². The fraction of sp³-hybridized carbons (Fsp3) is 0.0588. The van der Waals surface area contributed by atoms with E-state index >= 15 is 0 Å². The minimum absolute atomic E-state index is 0.513. The lowest BCUT2D eigenvalue weighted by atomic mass is 10.2. The van der Waals surface area contributed by atoms with Gasteiger partial charge >= 0.3 is 0 Å². The average molecular weight is 269 g/mol. The highest BCUT2D eigenvalue weighted by Gasteiger charge is 1.87. The molecule has 0 unspecified atom stereocenters. The molecule has 2 aromatic rings. The summed E-state index contributed by atoms with van der Waals surface area (Å²) in [7, 11) is 0. The van der Waals surface area contributed by atoms with Crippen LogP contribution in [0.15, 0.2) is 66.7 Å². The molecule has 0 aliphatic rings. The van der Waals surface area contributed by atoms with Gasteiger partial charge in [0, 0.05) is 10.6 Å². The van der Waals surface area contributed by atoms with Crippen LogP contribution < -0.4 is 4.74 Å². The Morgan fingerprint density at radius 2 is 1.74 bits per heavy atom. The van der Waals surface area contributed by atoms with E-state index in [0.717, 1.165) is 16.3 Å². The third kappa shape index (κ3) is 4.91. The standard InChI is InChI=1S/C17H13ClO/c18-16-12-10-15(11-13-16)7-3-2-6-14-19-17-8-4-1-5-9-17/h1-2,4-6,8-13H,14H2/b6-2-. The summed E-state index contributed by atoms with van der Waals surface area (Å²) in [5, 5.41) is 0.720. The molecule has 2 aromatic carbocycles. The number of hydrogen-bond donors (Lipinski definition) is 0. The first-order valence-electron chi connectivity index (χ1n) is 5.94. The van der Waals surface area contributed by atoms with Gasteiger partial charge in [0.15, 0.2) is 0 Å². The van der Waals surface area contributed by atoms with E-state index in [0.29, 0.717) is 6.61 Å². The summed E-state index contributed by atoms with van der Waals surface area (Å²) in [6, 6.07) is 17.1. The van der Waals surface area contributed by atoms with Crippen LogP contribution in [0.4, 0.5) is 0 Å². The molecule has 2 heteroatoms. The largest absolute Gasteiger partial charge is 0.490 e. The summed E-state index contributed by atoms with van der Waals surface area (Å²) >= 11 is 5.79. The van der Waals surface area contributed by atoms with E-state index in [1.165, 1.54) is 0 Å². The summed E-state index contributed by atoms with van der Waals surface area (Å²) in [6.07, 6.45) is 3.67. The summed E-state index contributed by atoms with van der Waals surface area (Å²) in [6.45, 7) is 0.513. The van der Waals surface area contributed by atoms with Gasteiger partial charge in [-0.05, 0) is 48.6 Å². The van der Waals surface area contributed by atoms with E-state index in [4.69, 9.17) is 16.3 Å². The Kier molecular flexibility index (Phi) is 5.10. The van der Waals surface area contributed by atoms with Gasteiger partial charge in [-0.15, -0.1) is 0 Å². The average Bonchev–Trinajstić information content (AvgIpc) is 2.46. The van der Waals surface area contributed by atoms with Crippen molar-refractivity contribution in [2.45, 2.75) is 0 Å². The molecule has 0 fully saturated rings. The second-order valence-electron chi connectivity index (χ2n) is 3.80. The number of benzene rings is 2. The second-order valence-corrected chi connectivity index (χ2v) is 4.24. The summed E-state index contributed by atoms with van der Waals surface area (Å²) < 4.78 is 5.50. The van der Waals surface area contributed by atoms with Gasteiger partial charge in [0.25, 0.3) is 0 Å². The Hall–Kier alpha value is -2.17. The van der Waals surface area contributed by atoms with Gasteiger partial charge in [0.2, 0.25) is 0 Å². The zero-order chi connectivity index (χ0) is 13.3. The summed E-state index contributed by atoms with van der Waals surface area (Å²) in [5.74, 6) is 6.83. The molecule has 0 spiro atoms. The van der Waals surface area contributed by atoms with Crippen LogP contribution in [0.2, 0.25) is 5.02 Å². The van der Waals surface area contributed by atoms with Crippen LogP contribution in [0.25, 0.3) is 0 Å². The van der Waals surface area contributed by atoms with E-state index < -0.39 is 0 Å². The van der Waals surface area contributed by atoms with Crippen LogP contribution in [-0.4, -0.2) is 6.61 Å². The SMILES string of the molecule is Clc1ccc(C#C/C=C\COc2ccccc2)cc1. The van der Waals surface area contributed by atoms with E-state index in [1.807, 2.05) is 60.7 Å². The molecule has 19 heavy (non-hydrogen) atoms. The van der Waals surface area contributed by atoms with E-state index in [1.54, 1.807) is 6.08 Å². The fourth-order valence-corrected chi connectivity index (χ4v) is 1.55. The normalized spacial score (nSPS) is 9.95. The summed E-state index contributed by atoms with van der Waals surface area (Å²) in [5.41, 5.74) is 0.943. The lowest BCUT2D eigenvalue weighted by molar-refractivity contribution is 0.363. The minimum atomic E-state index is 0.513. The van der Waals surface area contributed by atoms with Crippen molar-refractivity contribution < 1.29 is 4.74 Å². The van der Waals surface area contributed by atoms with Gasteiger partial charge in [0.05, 0.1) is 0 Å². The lowest BCUT2D eigenvalue weighted by Crippen LogP contribution is -1.91. The number of para-hydroxylation sites is 1. The molecule has 0 aliphatic carbocycles. The fourth-order valence-electron chi connectivity index (χ4n) is 1.43. The van der Waals surface area contributed by atoms with Crippen LogP contribution in [0.5, 0.6) is 5.75 Å². The summed E-state index contributed by atoms with van der Waals surface area (Å²) in [4.78, 5) is 0. The Balaban J connectivity index is 1.80. The molecule has 1 nitrogen and oxygen atoms in total. The maximum atomic E-state index is 5.79. The molecule has 94 valence electrons. The van der Waals surface area contributed by atoms with Crippen LogP contribution >= 0.6 is 11.6 Å². The first-order valence-corrected chi connectivity index (χ1v) is 6.32. The molecule has 0 amide bonds. The molecule has 0 aliphatic heterocycles. The smallest absolute Gasteiger partial charge is 0.119 e. The van der Waals surface area contributed by atoms with Gasteiger partial charge in [-0.25, -0.2) is 0 Å². The first-order chi connectivity index (χ1) is 9.34. The molecule has 2 rings (SSSR count). The van der Waals surface area contributed by atoms with Gasteiger partial charge in [-0.3, -0.25) is 0 Å². The van der Waals surface area contributed by atoms with Crippen molar-refractivity contribution in [1.29, 1.82) is 0 Å². The lowest BCUT2D eigenvalue weighted by Gasteiger charge is -2.00. The third-order valence-electron chi connectivity index (χ3n) is 2.35. The van der Waals surface area contributed by atoms with Crippen molar-refractivity contribution in [3.05, 3.63) is 77.3 Å². The number of rotatable bonds is 3. The minimum Gasteiger partial charge on any atom is -0.490 e. The second kappa shape index (κ2) is 7.31. The number of halogens is 1. The van der Waals surface area contributed by atoms with E-state index in [-0.39, 0.29) is 0 Å². The Morgan fingerprint density at radius 3 is 2.47 bits per heavy atom. The van der Waals surface area contributed by atoms with Crippen molar-refractivity contribution >= 4 is 11.6 Å². The van der Waals surface area contributed by atoms with Gasteiger partial charge in [0.1, 0.15) is 12.4 Å². The van der Waals surface area contributed by atoms with Crippen LogP contribution in [0, 0.1) is 11.8 Å². The van der Waals surface area contributed by atoms with Crippen molar-refractivity contribution in [1.82, 2.24) is 0 Å². The first kappa shape index (κ1) is 13.3. The quantitative estimate of drug-likeness (QED) is 0.753. The Morgan fingerprint density at radius 1 is 1.00 bits per heavy atom. The Bertz CT molecular complexity index is 589. The molecule has 0 saturated carbocycles. The highest BCUT2D eigenvalue weighted by Crippen LogP contribution is 2.08. The van der Waals surface area contributed by atoms with Crippen LogP contribution in [0.1, 0.15) is 5.56 Å². The number of allylic oxidation sites excluding steroid dienone is 1. The van der Waals surface area contributed by atoms with E-state index in [9.17, 15) is 0 Å². The monoisotopic (exact) mass is 268 g/mol. The van der Waals surface area contributed by atoms with Crippen molar-refractivity contribution in [3.63, 3.8) is 0 Å². The molecule has 0 N–H and O–H groups in total. The van der Waals surface area contributed by atoms with Gasteiger partial charge in [-0.2, -0.15) is 0 Å². The molecule has 0 bridgehead atoms. The van der Waals surface area contributed by atoms with Crippen LogP contribution in [0.3, 0.4) is 0 Å². The Labute approximate surface area is 118 Å². The predicted octanol–water partition coefficient (Wildman–Crippen LogP) is 4.33. The molecule has 0 heterocycles. The maximum Gasteiger partial charge on any atom is 0.119 e. The zero-order valence-electron chi connectivity index (χ0n) is 10.3. The number of ether oxygens (including phenoxy) is 1. The van der Waals surface area contributed by atoms with Gasteiger partial charge in [-0.1, -0.05) is 41.6 Å².